The van der Waals surface area contributed by atoms with Gasteiger partial charge in [-0.05, 0) is 33.4 Å². The quantitative estimate of drug-likeness (QED) is 0.255. The van der Waals surface area contributed by atoms with E-state index in [1.54, 1.807) is 0 Å². The van der Waals surface area contributed by atoms with E-state index in [2.05, 4.69) is 72.8 Å². The lowest BCUT2D eigenvalue weighted by atomic mass is 9.82. The average Bonchev–Trinajstić information content (AvgIpc) is 2.87. The maximum Gasteiger partial charge on any atom is 0.0683 e. The van der Waals surface area contributed by atoms with Gasteiger partial charge in [0.05, 0.1) is 10.0 Å². The summed E-state index contributed by atoms with van der Waals surface area (Å²) in [7, 11) is 0. The van der Waals surface area contributed by atoms with Gasteiger partial charge in [-0.1, -0.05) is 145 Å². The normalized spacial score (nSPS) is 10.8. The van der Waals surface area contributed by atoms with Crippen LogP contribution in [0.5, 0.6) is 0 Å². The molecule has 5 aromatic rings. The summed E-state index contributed by atoms with van der Waals surface area (Å²) in [4.78, 5) is 0. The molecule has 0 atom stereocenters. The van der Waals surface area contributed by atoms with Crippen molar-refractivity contribution in [3.63, 3.8) is 0 Å². The Morgan fingerprint density at radius 1 is 0.281 bits per heavy atom. The van der Waals surface area contributed by atoms with Crippen molar-refractivity contribution in [1.29, 1.82) is 0 Å². The van der Waals surface area contributed by atoms with Crippen LogP contribution < -0.4 is 0 Å². The maximum absolute atomic E-state index is 7.07. The summed E-state index contributed by atoms with van der Waals surface area (Å²) in [6, 6.07) is 41.3. The van der Waals surface area contributed by atoms with Crippen molar-refractivity contribution in [3.05, 3.63) is 131 Å². The fourth-order valence-corrected chi connectivity index (χ4v) is 4.82. The van der Waals surface area contributed by atoms with E-state index < -0.39 is 0 Å². The molecule has 5 aromatic carbocycles. The standard InChI is InChI=1S/C30H20Cl2/c31-29-27(23-17-9-3-10-18-23)25(21-13-5-1-6-14-21)26(22-15-7-2-8-16-22)28(30(29)32)24-19-11-4-12-20-24/h1-20H. The molecule has 0 fully saturated rings. The highest BCUT2D eigenvalue weighted by atomic mass is 35.5. The summed E-state index contributed by atoms with van der Waals surface area (Å²) in [5, 5.41) is 1.13. The molecule has 0 saturated carbocycles. The SMILES string of the molecule is Clc1c(Cl)c(-c2ccccc2)c(-c2ccccc2)c(-c2ccccc2)c1-c1ccccc1. The number of benzene rings is 5. The molecule has 0 radical (unpaired) electrons. The lowest BCUT2D eigenvalue weighted by molar-refractivity contribution is 1.54. The van der Waals surface area contributed by atoms with E-state index in [0.29, 0.717) is 10.0 Å². The molecule has 0 N–H and O–H groups in total. The summed E-state index contributed by atoms with van der Waals surface area (Å²) in [6.07, 6.45) is 0. The molecule has 0 aliphatic rings. The van der Waals surface area contributed by atoms with Crippen molar-refractivity contribution in [2.24, 2.45) is 0 Å². The van der Waals surface area contributed by atoms with E-state index in [-0.39, 0.29) is 0 Å². The van der Waals surface area contributed by atoms with Gasteiger partial charge in [-0.3, -0.25) is 0 Å². The summed E-state index contributed by atoms with van der Waals surface area (Å²) >= 11 is 14.1. The Bertz CT molecular complexity index is 1240. The summed E-state index contributed by atoms with van der Waals surface area (Å²) < 4.78 is 0. The molecule has 0 nitrogen and oxygen atoms in total. The van der Waals surface area contributed by atoms with Crippen LogP contribution in [0.1, 0.15) is 0 Å². The van der Waals surface area contributed by atoms with E-state index in [1.807, 2.05) is 48.5 Å². The van der Waals surface area contributed by atoms with Gasteiger partial charge in [0.15, 0.2) is 0 Å². The third-order valence-electron chi connectivity index (χ3n) is 5.63. The zero-order valence-corrected chi connectivity index (χ0v) is 18.8. The van der Waals surface area contributed by atoms with Crippen LogP contribution in [0.25, 0.3) is 44.5 Å². The fourth-order valence-electron chi connectivity index (χ4n) is 4.23. The van der Waals surface area contributed by atoms with Crippen LogP contribution in [0.4, 0.5) is 0 Å². The molecule has 0 heterocycles. The fraction of sp³-hybridized carbons (Fsp3) is 0. The molecule has 0 unspecified atom stereocenters. The highest BCUT2D eigenvalue weighted by Crippen LogP contribution is 2.52. The van der Waals surface area contributed by atoms with Gasteiger partial charge in [-0.2, -0.15) is 0 Å². The lowest BCUT2D eigenvalue weighted by Gasteiger charge is -2.23. The van der Waals surface area contributed by atoms with Crippen molar-refractivity contribution in [2.75, 3.05) is 0 Å². The smallest absolute Gasteiger partial charge is 0.0683 e. The van der Waals surface area contributed by atoms with E-state index in [0.717, 1.165) is 44.5 Å². The van der Waals surface area contributed by atoms with E-state index in [1.165, 1.54) is 0 Å². The first kappa shape index (κ1) is 20.6. The van der Waals surface area contributed by atoms with Gasteiger partial charge in [0.1, 0.15) is 0 Å². The predicted molar refractivity (Wildman–Crippen MR) is 138 cm³/mol. The van der Waals surface area contributed by atoms with Crippen molar-refractivity contribution >= 4 is 23.2 Å². The van der Waals surface area contributed by atoms with Gasteiger partial charge in [-0.25, -0.2) is 0 Å². The number of rotatable bonds is 4. The highest BCUT2D eigenvalue weighted by molar-refractivity contribution is 6.47. The molecule has 0 amide bonds. The summed E-state index contributed by atoms with van der Waals surface area (Å²) in [5.41, 5.74) is 8.32. The van der Waals surface area contributed by atoms with E-state index in [4.69, 9.17) is 23.2 Å². The minimum atomic E-state index is 0.565. The predicted octanol–water partition coefficient (Wildman–Crippen LogP) is 9.66. The van der Waals surface area contributed by atoms with Gasteiger partial charge < -0.3 is 0 Å². The second-order valence-electron chi connectivity index (χ2n) is 7.59. The zero-order chi connectivity index (χ0) is 21.9. The van der Waals surface area contributed by atoms with Gasteiger partial charge in [-0.15, -0.1) is 0 Å². The Labute approximate surface area is 198 Å². The maximum atomic E-state index is 7.07. The third-order valence-corrected chi connectivity index (χ3v) is 6.48. The Morgan fingerprint density at radius 3 is 0.750 bits per heavy atom. The second-order valence-corrected chi connectivity index (χ2v) is 8.35. The molecule has 154 valence electrons. The van der Waals surface area contributed by atoms with E-state index in [9.17, 15) is 0 Å². The summed E-state index contributed by atoms with van der Waals surface area (Å²) in [6.45, 7) is 0. The first-order chi connectivity index (χ1) is 15.8. The molecule has 0 aliphatic carbocycles. The first-order valence-corrected chi connectivity index (χ1v) is 11.3. The minimum absolute atomic E-state index is 0.565. The molecule has 0 saturated heterocycles. The average molecular weight is 451 g/mol. The first-order valence-electron chi connectivity index (χ1n) is 10.5. The lowest BCUT2D eigenvalue weighted by Crippen LogP contribution is -1.97. The number of hydrogen-bond donors (Lipinski definition) is 0. The van der Waals surface area contributed by atoms with Gasteiger partial charge in [0.2, 0.25) is 0 Å². The second kappa shape index (κ2) is 9.04. The number of halogens is 2. The minimum Gasteiger partial charge on any atom is -0.0820 e. The molecule has 0 aromatic heterocycles. The van der Waals surface area contributed by atoms with Crippen molar-refractivity contribution < 1.29 is 0 Å². The van der Waals surface area contributed by atoms with Crippen LogP contribution in [-0.4, -0.2) is 0 Å². The van der Waals surface area contributed by atoms with Crippen LogP contribution in [-0.2, 0) is 0 Å². The molecule has 2 heteroatoms. The van der Waals surface area contributed by atoms with Gasteiger partial charge >= 0.3 is 0 Å². The summed E-state index contributed by atoms with van der Waals surface area (Å²) in [5.74, 6) is 0. The number of hydrogen-bond acceptors (Lipinski definition) is 0. The van der Waals surface area contributed by atoms with Crippen molar-refractivity contribution in [1.82, 2.24) is 0 Å². The Hall–Kier alpha value is -3.32. The topological polar surface area (TPSA) is 0 Å². The van der Waals surface area contributed by atoms with Gasteiger partial charge in [0, 0.05) is 11.1 Å². The van der Waals surface area contributed by atoms with Crippen molar-refractivity contribution in [3.8, 4) is 44.5 Å². The highest BCUT2D eigenvalue weighted by Gasteiger charge is 2.25. The zero-order valence-electron chi connectivity index (χ0n) is 17.3. The Balaban J connectivity index is 2.00. The molecule has 0 bridgehead atoms. The van der Waals surface area contributed by atoms with Crippen LogP contribution >= 0.6 is 23.2 Å². The van der Waals surface area contributed by atoms with E-state index >= 15 is 0 Å². The Morgan fingerprint density at radius 2 is 0.500 bits per heavy atom. The largest absolute Gasteiger partial charge is 0.0820 e. The molecule has 5 rings (SSSR count). The monoisotopic (exact) mass is 450 g/mol. The Kier molecular flexibility index (Phi) is 5.81. The third kappa shape index (κ3) is 3.73. The van der Waals surface area contributed by atoms with Crippen molar-refractivity contribution in [2.45, 2.75) is 0 Å². The molecule has 32 heavy (non-hydrogen) atoms. The molecular formula is C30H20Cl2. The van der Waals surface area contributed by atoms with Crippen LogP contribution in [0.2, 0.25) is 10.0 Å². The molecular weight excluding hydrogens is 431 g/mol. The van der Waals surface area contributed by atoms with Crippen LogP contribution in [0.15, 0.2) is 121 Å². The molecule has 0 spiro atoms. The van der Waals surface area contributed by atoms with Gasteiger partial charge in [0.25, 0.3) is 0 Å². The van der Waals surface area contributed by atoms with Crippen LogP contribution in [0, 0.1) is 0 Å². The van der Waals surface area contributed by atoms with Crippen LogP contribution in [0.3, 0.4) is 0 Å². The molecule has 0 aliphatic heterocycles.